The Balaban J connectivity index is 2.09. The molecule has 1 aromatic heterocycles. The van der Waals surface area contributed by atoms with Crippen LogP contribution in [0.15, 0.2) is 48.8 Å². The summed E-state index contributed by atoms with van der Waals surface area (Å²) in [4.78, 5) is 11.1. The lowest BCUT2D eigenvalue weighted by atomic mass is 10.1. The summed E-state index contributed by atoms with van der Waals surface area (Å²) in [5.74, 6) is 0. The molecule has 0 spiro atoms. The fraction of sp³-hybridized carbons (Fsp3) is 0.263. The molecule has 3 rings (SSSR count). The molecule has 0 radical (unpaired) electrons. The summed E-state index contributed by atoms with van der Waals surface area (Å²) in [6, 6.07) is 15.2. The van der Waals surface area contributed by atoms with Gasteiger partial charge < -0.3 is 4.90 Å². The van der Waals surface area contributed by atoms with E-state index in [1.54, 1.807) is 6.33 Å². The average Bonchev–Trinajstić information content (AvgIpc) is 2.53. The lowest BCUT2D eigenvalue weighted by Crippen LogP contribution is -2.37. The Morgan fingerprint density at radius 2 is 1.57 bits per heavy atom. The van der Waals surface area contributed by atoms with E-state index < -0.39 is 8.07 Å². The predicted molar refractivity (Wildman–Crippen MR) is 102 cm³/mol. The fourth-order valence-electron chi connectivity index (χ4n) is 2.68. The molecule has 3 aromatic rings. The van der Waals surface area contributed by atoms with E-state index in [9.17, 15) is 0 Å². The van der Waals surface area contributed by atoms with Gasteiger partial charge in [0.25, 0.3) is 0 Å². The van der Waals surface area contributed by atoms with Crippen molar-refractivity contribution in [2.45, 2.75) is 19.6 Å². The molecule has 0 aliphatic rings. The second kappa shape index (κ2) is 5.78. The van der Waals surface area contributed by atoms with Crippen LogP contribution in [0.2, 0.25) is 19.6 Å². The molecule has 0 atom stereocenters. The smallest absolute Gasteiger partial charge is 0.116 e. The summed E-state index contributed by atoms with van der Waals surface area (Å²) >= 11 is 0. The Hall–Kier alpha value is -2.20. The average molecular weight is 322 g/mol. The molecule has 0 N–H and O–H groups in total. The number of hydrogen-bond donors (Lipinski definition) is 0. The Bertz CT molecular complexity index is 833. The zero-order valence-electron chi connectivity index (χ0n) is 14.5. The van der Waals surface area contributed by atoms with Gasteiger partial charge in [-0.25, -0.2) is 9.97 Å². The molecule has 0 aliphatic heterocycles. The Labute approximate surface area is 139 Å². The third kappa shape index (κ3) is 3.12. The van der Waals surface area contributed by atoms with Crippen molar-refractivity contribution >= 4 is 29.9 Å². The first-order chi connectivity index (χ1) is 10.9. The van der Waals surface area contributed by atoms with Crippen LogP contribution >= 0.6 is 0 Å². The van der Waals surface area contributed by atoms with Crippen molar-refractivity contribution in [2.75, 3.05) is 19.0 Å². The number of hydrogen-bond acceptors (Lipinski definition) is 3. The van der Waals surface area contributed by atoms with E-state index in [4.69, 9.17) is 0 Å². The van der Waals surface area contributed by atoms with Crippen molar-refractivity contribution in [3.8, 4) is 11.3 Å². The largest absolute Gasteiger partial charge is 0.378 e. The van der Waals surface area contributed by atoms with Crippen molar-refractivity contribution in [3.63, 3.8) is 0 Å². The molecule has 0 amide bonds. The molecule has 0 bridgehead atoms. The van der Waals surface area contributed by atoms with Gasteiger partial charge in [0.15, 0.2) is 0 Å². The molecule has 118 valence electrons. The minimum Gasteiger partial charge on any atom is -0.378 e. The number of anilines is 1. The first-order valence-corrected chi connectivity index (χ1v) is 11.4. The highest BCUT2D eigenvalue weighted by atomic mass is 28.3. The van der Waals surface area contributed by atoms with Crippen molar-refractivity contribution in [1.29, 1.82) is 0 Å². The standard InChI is InChI=1S/C19H23N3Si/c1-22(2)15-8-11-17-18(12-15)20-13-21-19(17)14-6-9-16(10-7-14)23(3,4)5/h6-13H,1-5H3. The van der Waals surface area contributed by atoms with E-state index >= 15 is 0 Å². The summed E-state index contributed by atoms with van der Waals surface area (Å²) < 4.78 is 0. The van der Waals surface area contributed by atoms with Gasteiger partial charge in [-0.1, -0.05) is 49.1 Å². The molecular formula is C19H23N3Si. The SMILES string of the molecule is CN(C)c1ccc2c(-c3ccc([Si](C)(C)C)cc3)ncnc2c1. The predicted octanol–water partition coefficient (Wildman–Crippen LogP) is 3.91. The zero-order valence-corrected chi connectivity index (χ0v) is 15.5. The van der Waals surface area contributed by atoms with Crippen LogP contribution in [0.1, 0.15) is 0 Å². The molecule has 0 aliphatic carbocycles. The molecule has 0 unspecified atom stereocenters. The molecule has 1 heterocycles. The monoisotopic (exact) mass is 321 g/mol. The molecule has 23 heavy (non-hydrogen) atoms. The van der Waals surface area contributed by atoms with Gasteiger partial charge in [0, 0.05) is 30.7 Å². The van der Waals surface area contributed by atoms with Gasteiger partial charge >= 0.3 is 0 Å². The molecule has 3 nitrogen and oxygen atoms in total. The number of nitrogens with zero attached hydrogens (tertiary/aromatic N) is 3. The van der Waals surface area contributed by atoms with E-state index in [0.717, 1.165) is 27.8 Å². The molecule has 4 heteroatoms. The van der Waals surface area contributed by atoms with Crippen LogP contribution in [0, 0.1) is 0 Å². The van der Waals surface area contributed by atoms with Gasteiger partial charge in [-0.3, -0.25) is 0 Å². The highest BCUT2D eigenvalue weighted by molar-refractivity contribution is 6.88. The molecule has 0 fully saturated rings. The summed E-state index contributed by atoms with van der Waals surface area (Å²) in [6.45, 7) is 7.10. The minimum absolute atomic E-state index is 0.982. The van der Waals surface area contributed by atoms with Crippen LogP contribution in [0.25, 0.3) is 22.2 Å². The van der Waals surface area contributed by atoms with Gasteiger partial charge in [-0.05, 0) is 18.2 Å². The third-order valence-electron chi connectivity index (χ3n) is 4.16. The second-order valence-corrected chi connectivity index (χ2v) is 12.2. The van der Waals surface area contributed by atoms with E-state index in [1.165, 1.54) is 5.19 Å². The van der Waals surface area contributed by atoms with Gasteiger partial charge in [-0.15, -0.1) is 0 Å². The maximum absolute atomic E-state index is 4.53. The van der Waals surface area contributed by atoms with Crippen LogP contribution in [0.3, 0.4) is 0 Å². The van der Waals surface area contributed by atoms with E-state index in [1.807, 2.05) is 14.1 Å². The topological polar surface area (TPSA) is 29.0 Å². The van der Waals surface area contributed by atoms with Crippen molar-refractivity contribution < 1.29 is 0 Å². The van der Waals surface area contributed by atoms with Crippen molar-refractivity contribution in [2.24, 2.45) is 0 Å². The summed E-state index contributed by atoms with van der Waals surface area (Å²) in [5.41, 5.74) is 4.28. The first kappa shape index (κ1) is 15.7. The van der Waals surface area contributed by atoms with Crippen LogP contribution in [-0.4, -0.2) is 32.1 Å². The highest BCUT2D eigenvalue weighted by Gasteiger charge is 2.16. The molecule has 0 saturated carbocycles. The number of rotatable bonds is 3. The quantitative estimate of drug-likeness (QED) is 0.685. The second-order valence-electron chi connectivity index (χ2n) is 7.15. The normalized spacial score (nSPS) is 11.7. The maximum atomic E-state index is 4.53. The van der Waals surface area contributed by atoms with Crippen LogP contribution in [0.4, 0.5) is 5.69 Å². The van der Waals surface area contributed by atoms with E-state index in [2.05, 4.69) is 77.0 Å². The van der Waals surface area contributed by atoms with Gasteiger partial charge in [-0.2, -0.15) is 0 Å². The lowest BCUT2D eigenvalue weighted by molar-refractivity contribution is 1.13. The molecular weight excluding hydrogens is 298 g/mol. The number of aromatic nitrogens is 2. The number of benzene rings is 2. The number of fused-ring (bicyclic) bond motifs is 1. The molecule has 0 saturated heterocycles. The van der Waals surface area contributed by atoms with E-state index in [0.29, 0.717) is 0 Å². The Morgan fingerprint density at radius 3 is 2.17 bits per heavy atom. The van der Waals surface area contributed by atoms with Crippen LogP contribution in [0.5, 0.6) is 0 Å². The Morgan fingerprint density at radius 1 is 0.870 bits per heavy atom. The van der Waals surface area contributed by atoms with Gasteiger partial charge in [0.1, 0.15) is 6.33 Å². The van der Waals surface area contributed by atoms with E-state index in [-0.39, 0.29) is 0 Å². The van der Waals surface area contributed by atoms with Gasteiger partial charge in [0.05, 0.1) is 19.3 Å². The van der Waals surface area contributed by atoms with Crippen LogP contribution in [-0.2, 0) is 0 Å². The summed E-state index contributed by atoms with van der Waals surface area (Å²) in [5, 5.41) is 2.56. The zero-order chi connectivity index (χ0) is 16.6. The van der Waals surface area contributed by atoms with Crippen molar-refractivity contribution in [1.82, 2.24) is 9.97 Å². The Kier molecular flexibility index (Phi) is 3.94. The lowest BCUT2D eigenvalue weighted by Gasteiger charge is -2.17. The highest BCUT2D eigenvalue weighted by Crippen LogP contribution is 2.27. The molecule has 2 aromatic carbocycles. The van der Waals surface area contributed by atoms with Gasteiger partial charge in [0.2, 0.25) is 0 Å². The van der Waals surface area contributed by atoms with Crippen LogP contribution < -0.4 is 10.1 Å². The fourth-order valence-corrected chi connectivity index (χ4v) is 3.85. The minimum atomic E-state index is -1.27. The summed E-state index contributed by atoms with van der Waals surface area (Å²) in [7, 11) is 2.81. The summed E-state index contributed by atoms with van der Waals surface area (Å²) in [6.07, 6.45) is 1.66. The van der Waals surface area contributed by atoms with Crippen molar-refractivity contribution in [3.05, 3.63) is 48.8 Å². The first-order valence-electron chi connectivity index (χ1n) is 7.89. The third-order valence-corrected chi connectivity index (χ3v) is 6.23. The maximum Gasteiger partial charge on any atom is 0.116 e.